The summed E-state index contributed by atoms with van der Waals surface area (Å²) in [7, 11) is 0. The van der Waals surface area contributed by atoms with Crippen LogP contribution in [0.2, 0.25) is 5.02 Å². The first-order valence-corrected chi connectivity index (χ1v) is 9.04. The van der Waals surface area contributed by atoms with Gasteiger partial charge in [-0.15, -0.1) is 0 Å². The molecule has 5 heteroatoms. The molecule has 0 bridgehead atoms. The van der Waals surface area contributed by atoms with Crippen molar-refractivity contribution in [3.8, 4) is 5.75 Å². The Morgan fingerprint density at radius 1 is 1.16 bits per heavy atom. The molecular weight excluding hydrogens is 336 g/mol. The molecular formula is C20H23ClN2O2. The fraction of sp³-hybridized carbons (Fsp3) is 0.350. The summed E-state index contributed by atoms with van der Waals surface area (Å²) in [6, 6.07) is 13.3. The number of aryl methyl sites for hydroxylation is 1. The third kappa shape index (κ3) is 4.67. The standard InChI is InChI=1S/C20H23ClN2O2/c1-15-7-3-4-8-19(15)25-14-20(24)22-16-9-10-18(17(21)13-16)23-11-5-2-6-12-23/h3-4,7-10,13H,2,5-6,11-12,14H2,1H3,(H,22,24). The maximum absolute atomic E-state index is 12.1. The minimum absolute atomic E-state index is 0.0314. The largest absolute Gasteiger partial charge is 0.483 e. The molecule has 0 radical (unpaired) electrons. The molecule has 1 aliphatic rings. The first-order valence-electron chi connectivity index (χ1n) is 8.66. The normalized spacial score (nSPS) is 14.2. The third-order valence-corrected chi connectivity index (χ3v) is 4.68. The van der Waals surface area contributed by atoms with E-state index in [1.165, 1.54) is 19.3 Å². The van der Waals surface area contributed by atoms with Crippen molar-refractivity contribution in [1.82, 2.24) is 0 Å². The number of amides is 1. The Balaban J connectivity index is 1.58. The lowest BCUT2D eigenvalue weighted by atomic mass is 10.1. The summed E-state index contributed by atoms with van der Waals surface area (Å²) in [5.74, 6) is 0.515. The van der Waals surface area contributed by atoms with Gasteiger partial charge in [-0.3, -0.25) is 4.79 Å². The van der Waals surface area contributed by atoms with Crippen molar-refractivity contribution in [2.24, 2.45) is 0 Å². The van der Waals surface area contributed by atoms with Crippen LogP contribution in [0.1, 0.15) is 24.8 Å². The maximum Gasteiger partial charge on any atom is 0.262 e. The Morgan fingerprint density at radius 3 is 2.64 bits per heavy atom. The van der Waals surface area contributed by atoms with Crippen LogP contribution in [0.4, 0.5) is 11.4 Å². The number of rotatable bonds is 5. The summed E-state index contributed by atoms with van der Waals surface area (Å²) in [6.07, 6.45) is 3.68. The predicted molar refractivity (Wildman–Crippen MR) is 103 cm³/mol. The van der Waals surface area contributed by atoms with Crippen LogP contribution in [-0.2, 0) is 4.79 Å². The molecule has 1 fully saturated rings. The number of para-hydroxylation sites is 1. The Hall–Kier alpha value is -2.20. The van der Waals surface area contributed by atoms with Gasteiger partial charge < -0.3 is 15.0 Å². The first kappa shape index (κ1) is 17.6. The zero-order valence-corrected chi connectivity index (χ0v) is 15.2. The van der Waals surface area contributed by atoms with Crippen molar-refractivity contribution in [3.63, 3.8) is 0 Å². The highest BCUT2D eigenvalue weighted by Crippen LogP contribution is 2.30. The second kappa shape index (κ2) is 8.26. The fourth-order valence-electron chi connectivity index (χ4n) is 3.03. The number of piperidine rings is 1. The molecule has 4 nitrogen and oxygen atoms in total. The van der Waals surface area contributed by atoms with Gasteiger partial charge in [0.2, 0.25) is 0 Å². The van der Waals surface area contributed by atoms with Crippen LogP contribution in [0.25, 0.3) is 0 Å². The average Bonchev–Trinajstić information content (AvgIpc) is 2.62. The highest BCUT2D eigenvalue weighted by atomic mass is 35.5. The second-order valence-corrected chi connectivity index (χ2v) is 6.72. The molecule has 0 unspecified atom stereocenters. The van der Waals surface area contributed by atoms with Crippen LogP contribution in [0.5, 0.6) is 5.75 Å². The topological polar surface area (TPSA) is 41.6 Å². The minimum Gasteiger partial charge on any atom is -0.483 e. The monoisotopic (exact) mass is 358 g/mol. The third-order valence-electron chi connectivity index (χ3n) is 4.38. The highest BCUT2D eigenvalue weighted by Gasteiger charge is 2.14. The van der Waals surface area contributed by atoms with Crippen molar-refractivity contribution < 1.29 is 9.53 Å². The van der Waals surface area contributed by atoms with E-state index in [1.54, 1.807) is 6.07 Å². The van der Waals surface area contributed by atoms with Crippen molar-refractivity contribution in [3.05, 3.63) is 53.1 Å². The number of benzene rings is 2. The molecule has 0 aromatic heterocycles. The SMILES string of the molecule is Cc1ccccc1OCC(=O)Nc1ccc(N2CCCCC2)c(Cl)c1. The minimum atomic E-state index is -0.204. The smallest absolute Gasteiger partial charge is 0.262 e. The molecule has 1 heterocycles. The van der Waals surface area contributed by atoms with Gasteiger partial charge >= 0.3 is 0 Å². The summed E-state index contributed by atoms with van der Waals surface area (Å²) in [5, 5.41) is 3.50. The number of nitrogens with one attached hydrogen (secondary N) is 1. The summed E-state index contributed by atoms with van der Waals surface area (Å²) < 4.78 is 5.57. The van der Waals surface area contributed by atoms with E-state index in [2.05, 4.69) is 10.2 Å². The average molecular weight is 359 g/mol. The lowest BCUT2D eigenvalue weighted by Gasteiger charge is -2.29. The molecule has 0 saturated carbocycles. The molecule has 0 spiro atoms. The van der Waals surface area contributed by atoms with Gasteiger partial charge in [-0.25, -0.2) is 0 Å². The van der Waals surface area contributed by atoms with Gasteiger partial charge in [-0.05, 0) is 56.0 Å². The van der Waals surface area contributed by atoms with Gasteiger partial charge in [-0.2, -0.15) is 0 Å². The van der Waals surface area contributed by atoms with Gasteiger partial charge in [0.15, 0.2) is 6.61 Å². The number of carbonyl (C=O) groups is 1. The van der Waals surface area contributed by atoms with Gasteiger partial charge in [0.1, 0.15) is 5.75 Å². The number of ether oxygens (including phenoxy) is 1. The van der Waals surface area contributed by atoms with Crippen LogP contribution < -0.4 is 15.0 Å². The Labute approximate surface area is 153 Å². The van der Waals surface area contributed by atoms with Crippen LogP contribution >= 0.6 is 11.6 Å². The Kier molecular flexibility index (Phi) is 5.82. The van der Waals surface area contributed by atoms with E-state index >= 15 is 0 Å². The molecule has 1 saturated heterocycles. The molecule has 25 heavy (non-hydrogen) atoms. The number of nitrogens with zero attached hydrogens (tertiary/aromatic N) is 1. The van der Waals surface area contributed by atoms with Crippen molar-refractivity contribution >= 4 is 28.9 Å². The second-order valence-electron chi connectivity index (χ2n) is 6.32. The van der Waals surface area contributed by atoms with Crippen LogP contribution in [0, 0.1) is 6.92 Å². The fourth-order valence-corrected chi connectivity index (χ4v) is 3.33. The predicted octanol–water partition coefficient (Wildman–Crippen LogP) is 4.66. The number of anilines is 2. The Morgan fingerprint density at radius 2 is 1.92 bits per heavy atom. The summed E-state index contributed by atoms with van der Waals surface area (Å²) >= 11 is 6.42. The number of halogens is 1. The quantitative estimate of drug-likeness (QED) is 0.845. The molecule has 0 atom stereocenters. The van der Waals surface area contributed by atoms with E-state index in [1.807, 2.05) is 43.3 Å². The highest BCUT2D eigenvalue weighted by molar-refractivity contribution is 6.33. The van der Waals surface area contributed by atoms with Gasteiger partial charge in [-0.1, -0.05) is 29.8 Å². The lowest BCUT2D eigenvalue weighted by Crippen LogP contribution is -2.29. The number of hydrogen-bond acceptors (Lipinski definition) is 3. The zero-order valence-electron chi connectivity index (χ0n) is 14.4. The van der Waals surface area contributed by atoms with Crippen LogP contribution in [0.15, 0.2) is 42.5 Å². The first-order chi connectivity index (χ1) is 12.1. The molecule has 3 rings (SSSR count). The van der Waals surface area contributed by atoms with E-state index in [-0.39, 0.29) is 12.5 Å². The maximum atomic E-state index is 12.1. The summed E-state index contributed by atoms with van der Waals surface area (Å²) in [4.78, 5) is 14.4. The number of carbonyl (C=O) groups excluding carboxylic acids is 1. The molecule has 132 valence electrons. The molecule has 0 aliphatic carbocycles. The molecule has 1 aliphatic heterocycles. The summed E-state index contributed by atoms with van der Waals surface area (Å²) in [6.45, 7) is 3.99. The molecule has 2 aromatic rings. The lowest BCUT2D eigenvalue weighted by molar-refractivity contribution is -0.118. The van der Waals surface area contributed by atoms with Gasteiger partial charge in [0.25, 0.3) is 5.91 Å². The zero-order chi connectivity index (χ0) is 17.6. The van der Waals surface area contributed by atoms with E-state index in [0.29, 0.717) is 10.7 Å². The van der Waals surface area contributed by atoms with Crippen LogP contribution in [0.3, 0.4) is 0 Å². The number of hydrogen-bond donors (Lipinski definition) is 1. The Bertz CT molecular complexity index is 742. The van der Waals surface area contributed by atoms with E-state index in [9.17, 15) is 4.79 Å². The van der Waals surface area contributed by atoms with Crippen molar-refractivity contribution in [1.29, 1.82) is 0 Å². The van der Waals surface area contributed by atoms with E-state index in [0.717, 1.165) is 30.1 Å². The van der Waals surface area contributed by atoms with Crippen molar-refractivity contribution in [2.75, 3.05) is 29.9 Å². The van der Waals surface area contributed by atoms with Crippen molar-refractivity contribution in [2.45, 2.75) is 26.2 Å². The molecule has 2 aromatic carbocycles. The van der Waals surface area contributed by atoms with E-state index in [4.69, 9.17) is 16.3 Å². The van der Waals surface area contributed by atoms with Gasteiger partial charge in [0.05, 0.1) is 10.7 Å². The molecule has 1 amide bonds. The summed E-state index contributed by atoms with van der Waals surface area (Å²) in [5.41, 5.74) is 2.73. The van der Waals surface area contributed by atoms with E-state index < -0.39 is 0 Å². The van der Waals surface area contributed by atoms with Gasteiger partial charge in [0, 0.05) is 18.8 Å². The molecule has 1 N–H and O–H groups in total. The van der Waals surface area contributed by atoms with Crippen LogP contribution in [-0.4, -0.2) is 25.6 Å².